The first-order valence-electron chi connectivity index (χ1n) is 36.5. The van der Waals surface area contributed by atoms with Gasteiger partial charge >= 0.3 is 17.9 Å². The highest BCUT2D eigenvalue weighted by atomic mass is 16.6. The quantitative estimate of drug-likeness (QED) is 0.0261. The lowest BCUT2D eigenvalue weighted by molar-refractivity contribution is -0.167. The van der Waals surface area contributed by atoms with Gasteiger partial charge in [0.05, 0.1) is 0 Å². The minimum atomic E-state index is -0.769. The highest BCUT2D eigenvalue weighted by Gasteiger charge is 2.19. The highest BCUT2D eigenvalue weighted by Crippen LogP contribution is 2.19. The van der Waals surface area contributed by atoms with Crippen LogP contribution in [0, 0.1) is 0 Å². The number of hydrogen-bond acceptors (Lipinski definition) is 6. The standard InChI is InChI=1S/C75H140O6/c1-4-7-10-13-16-19-22-25-28-30-32-33-34-35-36-37-38-39-40-41-43-44-47-50-53-56-59-62-65-68-74(77)80-71-72(70-79-73(76)67-64-61-58-55-52-49-46-27-24-21-18-15-12-9-6-3)81-75(78)69-66-63-60-57-54-51-48-45-42-31-29-26-23-20-17-14-11-8-5-2/h22,25,30,32,34-35,72H,4-21,23-24,26-29,31,33,36-71H2,1-3H3/b25-22-,32-30-,35-34-. The molecule has 0 rings (SSSR count). The van der Waals surface area contributed by atoms with Gasteiger partial charge in [-0.15, -0.1) is 0 Å². The number of rotatable bonds is 68. The summed E-state index contributed by atoms with van der Waals surface area (Å²) in [6.07, 6.45) is 87.5. The maximum absolute atomic E-state index is 13.0. The van der Waals surface area contributed by atoms with Gasteiger partial charge in [0.1, 0.15) is 13.2 Å². The van der Waals surface area contributed by atoms with Crippen LogP contribution >= 0.6 is 0 Å². The molecule has 0 aromatic carbocycles. The minimum Gasteiger partial charge on any atom is -0.462 e. The largest absolute Gasteiger partial charge is 0.462 e. The zero-order valence-electron chi connectivity index (χ0n) is 54.8. The Hall–Kier alpha value is -2.37. The van der Waals surface area contributed by atoms with E-state index in [0.29, 0.717) is 19.3 Å². The lowest BCUT2D eigenvalue weighted by Gasteiger charge is -2.18. The molecule has 0 amide bonds. The zero-order valence-corrected chi connectivity index (χ0v) is 54.8. The van der Waals surface area contributed by atoms with Gasteiger partial charge in [-0.2, -0.15) is 0 Å². The Kier molecular flexibility index (Phi) is 68.1. The summed E-state index contributed by atoms with van der Waals surface area (Å²) in [5.74, 6) is -0.832. The van der Waals surface area contributed by atoms with Crippen LogP contribution < -0.4 is 0 Å². The van der Waals surface area contributed by atoms with E-state index < -0.39 is 6.10 Å². The van der Waals surface area contributed by atoms with E-state index in [9.17, 15) is 14.4 Å². The summed E-state index contributed by atoms with van der Waals surface area (Å²) < 4.78 is 17.0. The molecule has 0 bridgehead atoms. The molecule has 0 fully saturated rings. The van der Waals surface area contributed by atoms with E-state index in [4.69, 9.17) is 14.2 Å². The second-order valence-corrected chi connectivity index (χ2v) is 24.9. The first-order valence-corrected chi connectivity index (χ1v) is 36.5. The number of carbonyl (C=O) groups excluding carboxylic acids is 3. The normalized spacial score (nSPS) is 12.2. The number of unbranched alkanes of at least 4 members (excludes halogenated alkanes) is 51. The van der Waals surface area contributed by atoms with E-state index in [0.717, 1.165) is 70.6 Å². The topological polar surface area (TPSA) is 78.9 Å². The summed E-state index contributed by atoms with van der Waals surface area (Å²) in [7, 11) is 0. The maximum Gasteiger partial charge on any atom is 0.306 e. The third-order valence-electron chi connectivity index (χ3n) is 16.6. The Bertz CT molecular complexity index is 1350. The minimum absolute atomic E-state index is 0.0649. The number of allylic oxidation sites excluding steroid dienone is 6. The van der Waals surface area contributed by atoms with E-state index in [1.54, 1.807) is 0 Å². The van der Waals surface area contributed by atoms with E-state index in [1.807, 2.05) is 0 Å². The first kappa shape index (κ1) is 78.6. The van der Waals surface area contributed by atoms with Crippen molar-refractivity contribution in [2.45, 2.75) is 412 Å². The molecular formula is C75H140O6. The summed E-state index contributed by atoms with van der Waals surface area (Å²) in [4.78, 5) is 38.5. The molecule has 1 unspecified atom stereocenters. The van der Waals surface area contributed by atoms with Crippen LogP contribution in [0.2, 0.25) is 0 Å². The molecule has 0 spiro atoms. The predicted molar refractivity (Wildman–Crippen MR) is 353 cm³/mol. The third kappa shape index (κ3) is 68.3. The van der Waals surface area contributed by atoms with Gasteiger partial charge < -0.3 is 14.2 Å². The van der Waals surface area contributed by atoms with Crippen LogP contribution in [0.3, 0.4) is 0 Å². The molecule has 0 radical (unpaired) electrons. The van der Waals surface area contributed by atoms with Crippen molar-refractivity contribution in [3.05, 3.63) is 36.5 Å². The molecular weight excluding hydrogens is 997 g/mol. The van der Waals surface area contributed by atoms with Gasteiger partial charge in [-0.25, -0.2) is 0 Å². The molecule has 0 aliphatic carbocycles. The average molecular weight is 1140 g/mol. The van der Waals surface area contributed by atoms with Crippen molar-refractivity contribution < 1.29 is 28.6 Å². The zero-order chi connectivity index (χ0) is 58.5. The van der Waals surface area contributed by atoms with Crippen molar-refractivity contribution in [1.82, 2.24) is 0 Å². The van der Waals surface area contributed by atoms with Crippen molar-refractivity contribution in [1.29, 1.82) is 0 Å². The fraction of sp³-hybridized carbons (Fsp3) is 0.880. The fourth-order valence-electron chi connectivity index (χ4n) is 11.2. The first-order chi connectivity index (χ1) is 40.0. The van der Waals surface area contributed by atoms with E-state index >= 15 is 0 Å². The van der Waals surface area contributed by atoms with Crippen LogP contribution in [0.15, 0.2) is 36.5 Å². The SMILES string of the molecule is CCCCCCC/C=C\C/C=C\C/C=C\CCCCCCCCCCCCCCCCC(=O)OCC(COC(=O)CCCCCCCCCCCCCCCCC)OC(=O)CCCCCCCCCCCCCCCCCCCCC. The van der Waals surface area contributed by atoms with Crippen molar-refractivity contribution in [2.75, 3.05) is 13.2 Å². The summed E-state index contributed by atoms with van der Waals surface area (Å²) in [5.41, 5.74) is 0. The van der Waals surface area contributed by atoms with Crippen molar-refractivity contribution >= 4 is 17.9 Å². The number of ether oxygens (including phenoxy) is 3. The van der Waals surface area contributed by atoms with Crippen LogP contribution in [0.4, 0.5) is 0 Å². The Balaban J connectivity index is 4.22. The number of hydrogen-bond donors (Lipinski definition) is 0. The van der Waals surface area contributed by atoms with Crippen LogP contribution in [0.25, 0.3) is 0 Å². The van der Waals surface area contributed by atoms with E-state index in [-0.39, 0.29) is 31.1 Å². The van der Waals surface area contributed by atoms with Crippen LogP contribution in [-0.2, 0) is 28.6 Å². The summed E-state index contributed by atoms with van der Waals surface area (Å²) in [6, 6.07) is 0. The molecule has 0 aromatic rings. The molecule has 0 aliphatic rings. The molecule has 0 aliphatic heterocycles. The molecule has 81 heavy (non-hydrogen) atoms. The summed E-state index contributed by atoms with van der Waals surface area (Å²) >= 11 is 0. The van der Waals surface area contributed by atoms with Crippen LogP contribution in [0.1, 0.15) is 406 Å². The molecule has 0 saturated carbocycles. The average Bonchev–Trinajstić information content (AvgIpc) is 3.47. The summed E-state index contributed by atoms with van der Waals surface area (Å²) in [5, 5.41) is 0. The molecule has 0 saturated heterocycles. The van der Waals surface area contributed by atoms with Crippen molar-refractivity contribution in [2.24, 2.45) is 0 Å². The summed E-state index contributed by atoms with van der Waals surface area (Å²) in [6.45, 7) is 6.71. The lowest BCUT2D eigenvalue weighted by atomic mass is 10.0. The van der Waals surface area contributed by atoms with Gasteiger partial charge in [0, 0.05) is 19.3 Å². The Morgan fingerprint density at radius 1 is 0.247 bits per heavy atom. The molecule has 0 aromatic heterocycles. The van der Waals surface area contributed by atoms with Gasteiger partial charge in [0.2, 0.25) is 0 Å². The van der Waals surface area contributed by atoms with E-state index in [2.05, 4.69) is 57.2 Å². The number of esters is 3. The monoisotopic (exact) mass is 1140 g/mol. The molecule has 1 atom stereocenters. The second-order valence-electron chi connectivity index (χ2n) is 24.9. The molecule has 6 nitrogen and oxygen atoms in total. The Morgan fingerprint density at radius 3 is 0.691 bits per heavy atom. The third-order valence-corrected chi connectivity index (χ3v) is 16.6. The second kappa shape index (κ2) is 70.1. The van der Waals surface area contributed by atoms with Crippen molar-refractivity contribution in [3.8, 4) is 0 Å². The van der Waals surface area contributed by atoms with Gasteiger partial charge in [-0.1, -0.05) is 365 Å². The predicted octanol–water partition coefficient (Wildman–Crippen LogP) is 25.1. The van der Waals surface area contributed by atoms with E-state index in [1.165, 1.54) is 295 Å². The fourth-order valence-corrected chi connectivity index (χ4v) is 11.2. The molecule has 0 N–H and O–H groups in total. The van der Waals surface area contributed by atoms with Crippen LogP contribution in [0.5, 0.6) is 0 Å². The van der Waals surface area contributed by atoms with Gasteiger partial charge in [-0.3, -0.25) is 14.4 Å². The smallest absolute Gasteiger partial charge is 0.306 e. The van der Waals surface area contributed by atoms with Gasteiger partial charge in [0.25, 0.3) is 0 Å². The maximum atomic E-state index is 13.0. The van der Waals surface area contributed by atoms with Gasteiger partial charge in [0.15, 0.2) is 6.10 Å². The Morgan fingerprint density at radius 2 is 0.444 bits per heavy atom. The van der Waals surface area contributed by atoms with Gasteiger partial charge in [-0.05, 0) is 57.8 Å². The van der Waals surface area contributed by atoms with Crippen molar-refractivity contribution in [3.63, 3.8) is 0 Å². The van der Waals surface area contributed by atoms with Crippen LogP contribution in [-0.4, -0.2) is 37.2 Å². The Labute approximate surface area is 506 Å². The molecule has 476 valence electrons. The highest BCUT2D eigenvalue weighted by molar-refractivity contribution is 5.71. The number of carbonyl (C=O) groups is 3. The molecule has 0 heterocycles. The molecule has 6 heteroatoms. The lowest BCUT2D eigenvalue weighted by Crippen LogP contribution is -2.30.